The van der Waals surface area contributed by atoms with E-state index in [0.717, 1.165) is 11.3 Å². The van der Waals surface area contributed by atoms with Crippen molar-refractivity contribution in [3.05, 3.63) is 29.8 Å². The van der Waals surface area contributed by atoms with Crippen LogP contribution in [0.5, 0.6) is 0 Å². The molecular formula is C13H15NO. The first-order valence-electron chi connectivity index (χ1n) is 4.89. The van der Waals surface area contributed by atoms with Gasteiger partial charge in [-0.15, -0.1) is 12.3 Å². The number of hydrogen-bond acceptors (Lipinski definition) is 2. The van der Waals surface area contributed by atoms with Gasteiger partial charge in [0.15, 0.2) is 5.78 Å². The van der Waals surface area contributed by atoms with Gasteiger partial charge in [0.05, 0.1) is 0 Å². The van der Waals surface area contributed by atoms with Gasteiger partial charge in [-0.2, -0.15) is 0 Å². The highest BCUT2D eigenvalue weighted by Gasteiger charge is 2.05. The molecule has 0 aliphatic heterocycles. The van der Waals surface area contributed by atoms with Crippen LogP contribution in [-0.4, -0.2) is 19.9 Å². The van der Waals surface area contributed by atoms with Gasteiger partial charge in [-0.3, -0.25) is 4.79 Å². The Balaban J connectivity index is 2.82. The van der Waals surface area contributed by atoms with Crippen molar-refractivity contribution in [2.45, 2.75) is 12.8 Å². The van der Waals surface area contributed by atoms with E-state index in [4.69, 9.17) is 6.42 Å². The molecule has 0 saturated heterocycles. The molecule has 1 rings (SSSR count). The summed E-state index contributed by atoms with van der Waals surface area (Å²) in [5.41, 5.74) is 1.76. The molecule has 0 bridgehead atoms. The Morgan fingerprint density at radius 3 is 2.80 bits per heavy atom. The van der Waals surface area contributed by atoms with Gasteiger partial charge in [0.1, 0.15) is 0 Å². The third-order valence-corrected chi connectivity index (χ3v) is 2.18. The van der Waals surface area contributed by atoms with Crippen LogP contribution in [0.4, 0.5) is 5.69 Å². The summed E-state index contributed by atoms with van der Waals surface area (Å²) in [5, 5.41) is 0. The van der Waals surface area contributed by atoms with E-state index >= 15 is 0 Å². The van der Waals surface area contributed by atoms with Gasteiger partial charge in [-0.25, -0.2) is 0 Å². The normalized spacial score (nSPS) is 9.40. The summed E-state index contributed by atoms with van der Waals surface area (Å²) in [6, 6.07) is 7.57. The summed E-state index contributed by atoms with van der Waals surface area (Å²) in [6.07, 6.45) is 6.05. The second kappa shape index (κ2) is 5.21. The van der Waals surface area contributed by atoms with E-state index in [1.165, 1.54) is 0 Å². The Bertz CT molecular complexity index is 388. The maximum absolute atomic E-state index is 11.7. The lowest BCUT2D eigenvalue weighted by molar-refractivity contribution is 0.0984. The first-order valence-corrected chi connectivity index (χ1v) is 4.89. The number of carbonyl (C=O) groups is 1. The molecule has 1 aromatic carbocycles. The Morgan fingerprint density at radius 2 is 2.20 bits per heavy atom. The van der Waals surface area contributed by atoms with Crippen molar-refractivity contribution in [2.75, 3.05) is 19.0 Å². The van der Waals surface area contributed by atoms with Gasteiger partial charge in [0, 0.05) is 38.2 Å². The van der Waals surface area contributed by atoms with Crippen LogP contribution in [0.25, 0.3) is 0 Å². The molecule has 2 nitrogen and oxygen atoms in total. The van der Waals surface area contributed by atoms with Crippen LogP contribution in [0, 0.1) is 12.3 Å². The topological polar surface area (TPSA) is 20.3 Å². The summed E-state index contributed by atoms with van der Waals surface area (Å²) >= 11 is 0. The van der Waals surface area contributed by atoms with Crippen LogP contribution in [0.15, 0.2) is 24.3 Å². The summed E-state index contributed by atoms with van der Waals surface area (Å²) in [5.74, 6) is 2.58. The van der Waals surface area contributed by atoms with E-state index in [9.17, 15) is 4.79 Å². The van der Waals surface area contributed by atoms with E-state index in [1.807, 2.05) is 43.3 Å². The molecule has 0 unspecified atom stereocenters. The molecule has 1 aromatic rings. The Hall–Kier alpha value is -1.75. The zero-order valence-electron chi connectivity index (χ0n) is 9.16. The molecule has 15 heavy (non-hydrogen) atoms. The molecule has 0 aliphatic rings. The molecule has 0 saturated carbocycles. The van der Waals surface area contributed by atoms with Crippen molar-refractivity contribution in [2.24, 2.45) is 0 Å². The molecule has 2 heteroatoms. The van der Waals surface area contributed by atoms with E-state index in [0.29, 0.717) is 12.8 Å². The maximum Gasteiger partial charge on any atom is 0.163 e. The second-order valence-electron chi connectivity index (χ2n) is 3.57. The Kier molecular flexibility index (Phi) is 3.93. The van der Waals surface area contributed by atoms with E-state index in [-0.39, 0.29) is 5.78 Å². The van der Waals surface area contributed by atoms with E-state index < -0.39 is 0 Å². The van der Waals surface area contributed by atoms with Crippen molar-refractivity contribution in [3.63, 3.8) is 0 Å². The molecular weight excluding hydrogens is 186 g/mol. The molecule has 0 fully saturated rings. The molecule has 0 amide bonds. The van der Waals surface area contributed by atoms with Gasteiger partial charge in [-0.1, -0.05) is 12.1 Å². The summed E-state index contributed by atoms with van der Waals surface area (Å²) in [6.45, 7) is 0. The van der Waals surface area contributed by atoms with Crippen LogP contribution in [0.3, 0.4) is 0 Å². The van der Waals surface area contributed by atoms with Gasteiger partial charge in [0.25, 0.3) is 0 Å². The highest BCUT2D eigenvalue weighted by atomic mass is 16.1. The largest absolute Gasteiger partial charge is 0.378 e. The minimum atomic E-state index is 0.108. The minimum absolute atomic E-state index is 0.108. The zero-order chi connectivity index (χ0) is 11.3. The number of ketones is 1. The maximum atomic E-state index is 11.7. The van der Waals surface area contributed by atoms with E-state index in [2.05, 4.69) is 5.92 Å². The third kappa shape index (κ3) is 3.14. The van der Waals surface area contributed by atoms with Crippen molar-refractivity contribution in [1.82, 2.24) is 0 Å². The number of anilines is 1. The van der Waals surface area contributed by atoms with Crippen LogP contribution >= 0.6 is 0 Å². The Morgan fingerprint density at radius 1 is 1.47 bits per heavy atom. The van der Waals surface area contributed by atoms with Crippen molar-refractivity contribution in [1.29, 1.82) is 0 Å². The number of Topliss-reactive ketones (excluding diaryl/α,β-unsaturated/α-hetero) is 1. The number of carbonyl (C=O) groups excluding carboxylic acids is 1. The SMILES string of the molecule is C#CCCC(=O)c1cccc(N(C)C)c1. The van der Waals surface area contributed by atoms with Crippen LogP contribution < -0.4 is 4.90 Å². The predicted octanol–water partition coefficient (Wildman–Crippen LogP) is 2.35. The summed E-state index contributed by atoms with van der Waals surface area (Å²) in [7, 11) is 3.90. The lowest BCUT2D eigenvalue weighted by atomic mass is 10.1. The third-order valence-electron chi connectivity index (χ3n) is 2.18. The Labute approximate surface area is 90.9 Å². The lowest BCUT2D eigenvalue weighted by Gasteiger charge is -2.12. The highest BCUT2D eigenvalue weighted by molar-refractivity contribution is 5.97. The first kappa shape index (κ1) is 11.3. The molecule has 0 heterocycles. The monoisotopic (exact) mass is 201 g/mol. The number of benzene rings is 1. The number of nitrogens with zero attached hydrogens (tertiary/aromatic N) is 1. The standard InChI is InChI=1S/C13H15NO/c1-4-5-9-13(15)11-7-6-8-12(10-11)14(2)3/h1,6-8,10H,5,9H2,2-3H3. The van der Waals surface area contributed by atoms with Crippen molar-refractivity contribution in [3.8, 4) is 12.3 Å². The number of rotatable bonds is 4. The van der Waals surface area contributed by atoms with Crippen molar-refractivity contribution >= 4 is 11.5 Å². The predicted molar refractivity (Wildman–Crippen MR) is 63.2 cm³/mol. The van der Waals surface area contributed by atoms with Crippen LogP contribution in [0.2, 0.25) is 0 Å². The van der Waals surface area contributed by atoms with Crippen LogP contribution in [-0.2, 0) is 0 Å². The average molecular weight is 201 g/mol. The quantitative estimate of drug-likeness (QED) is 0.550. The fourth-order valence-corrected chi connectivity index (χ4v) is 1.29. The van der Waals surface area contributed by atoms with Gasteiger partial charge >= 0.3 is 0 Å². The van der Waals surface area contributed by atoms with Gasteiger partial charge < -0.3 is 4.90 Å². The highest BCUT2D eigenvalue weighted by Crippen LogP contribution is 2.15. The molecule has 0 spiro atoms. The summed E-state index contributed by atoms with van der Waals surface area (Å²) in [4.78, 5) is 13.6. The first-order chi connectivity index (χ1) is 7.15. The number of hydrogen-bond donors (Lipinski definition) is 0. The lowest BCUT2D eigenvalue weighted by Crippen LogP contribution is -2.09. The van der Waals surface area contributed by atoms with E-state index in [1.54, 1.807) is 0 Å². The fourth-order valence-electron chi connectivity index (χ4n) is 1.29. The average Bonchev–Trinajstić information content (AvgIpc) is 2.26. The molecule has 0 aliphatic carbocycles. The molecule has 0 N–H and O–H groups in total. The molecule has 78 valence electrons. The molecule has 0 aromatic heterocycles. The second-order valence-corrected chi connectivity index (χ2v) is 3.57. The molecule has 0 radical (unpaired) electrons. The van der Waals surface area contributed by atoms with Crippen LogP contribution in [0.1, 0.15) is 23.2 Å². The van der Waals surface area contributed by atoms with Crippen molar-refractivity contribution < 1.29 is 4.79 Å². The van der Waals surface area contributed by atoms with Gasteiger partial charge in [-0.05, 0) is 12.1 Å². The zero-order valence-corrected chi connectivity index (χ0v) is 9.16. The summed E-state index contributed by atoms with van der Waals surface area (Å²) < 4.78 is 0. The smallest absolute Gasteiger partial charge is 0.163 e. The number of terminal acetylenes is 1. The molecule has 0 atom stereocenters. The van der Waals surface area contributed by atoms with Gasteiger partial charge in [0.2, 0.25) is 0 Å². The minimum Gasteiger partial charge on any atom is -0.378 e. The fraction of sp³-hybridized carbons (Fsp3) is 0.308.